The van der Waals surface area contributed by atoms with Crippen LogP contribution in [0.1, 0.15) is 45.1 Å². The third kappa shape index (κ3) is 4.40. The van der Waals surface area contributed by atoms with Gasteiger partial charge in [-0.3, -0.25) is 9.69 Å². The number of ether oxygens (including phenoxy) is 3. The van der Waals surface area contributed by atoms with Gasteiger partial charge in [-0.25, -0.2) is 0 Å². The summed E-state index contributed by atoms with van der Waals surface area (Å²) in [7, 11) is 4.58. The Morgan fingerprint density at radius 2 is 1.86 bits per heavy atom. The normalized spacial score (nSPS) is 19.2. The van der Waals surface area contributed by atoms with Gasteiger partial charge >= 0.3 is 0 Å². The summed E-state index contributed by atoms with van der Waals surface area (Å²) >= 11 is 2.97. The fraction of sp³-hybridized carbons (Fsp3) is 0.440. The summed E-state index contributed by atoms with van der Waals surface area (Å²) < 4.78 is 17.4. The zero-order valence-electron chi connectivity index (χ0n) is 21.2. The molecule has 1 aromatic carbocycles. The molecule has 1 unspecified atom stereocenters. The maximum Gasteiger partial charge on any atom is 0.219 e. The molecule has 0 saturated carbocycles. The zero-order chi connectivity index (χ0) is 26.2. The number of carbonyl (C=O) groups excluding carboxylic acids is 1. The van der Waals surface area contributed by atoms with E-state index in [0.717, 1.165) is 15.8 Å². The standard InChI is InChI=1S/C25H29N5O4S2/c1-7-35-24-29-28-23(36-24)30-15-10-25(2,3)11-16(31)20(15)19(14(12-26)22(30)27)13-8-17(32-4)21(34-6)18(9-13)33-5/h8-9,19H,7,10-11,27H2,1-6H3. The molecule has 0 fully saturated rings. The largest absolute Gasteiger partial charge is 0.493 e. The molecule has 0 amide bonds. The van der Waals surface area contributed by atoms with Crippen LogP contribution in [-0.2, 0) is 4.79 Å². The number of anilines is 1. The number of rotatable bonds is 7. The van der Waals surface area contributed by atoms with Crippen molar-refractivity contribution in [3.05, 3.63) is 40.4 Å². The number of nitrogens with zero attached hydrogens (tertiary/aromatic N) is 4. The molecule has 0 spiro atoms. The molecule has 190 valence electrons. The lowest BCUT2D eigenvalue weighted by molar-refractivity contribution is -0.118. The van der Waals surface area contributed by atoms with E-state index in [1.165, 1.54) is 32.7 Å². The van der Waals surface area contributed by atoms with E-state index in [1.807, 2.05) is 6.92 Å². The van der Waals surface area contributed by atoms with E-state index in [0.29, 0.717) is 46.4 Å². The maximum atomic E-state index is 13.7. The van der Waals surface area contributed by atoms with Gasteiger partial charge in [0.1, 0.15) is 5.82 Å². The zero-order valence-corrected chi connectivity index (χ0v) is 22.8. The van der Waals surface area contributed by atoms with E-state index >= 15 is 0 Å². The van der Waals surface area contributed by atoms with Gasteiger partial charge in [-0.05, 0) is 35.3 Å². The smallest absolute Gasteiger partial charge is 0.219 e. The number of aromatic nitrogens is 2. The van der Waals surface area contributed by atoms with Crippen molar-refractivity contribution < 1.29 is 19.0 Å². The van der Waals surface area contributed by atoms with Gasteiger partial charge in [-0.15, -0.1) is 10.2 Å². The Morgan fingerprint density at radius 1 is 1.19 bits per heavy atom. The molecule has 4 rings (SSSR count). The van der Waals surface area contributed by atoms with Crippen molar-refractivity contribution in [2.45, 2.75) is 43.9 Å². The number of benzene rings is 1. The molecule has 2 N–H and O–H groups in total. The molecule has 9 nitrogen and oxygen atoms in total. The van der Waals surface area contributed by atoms with Gasteiger partial charge in [0.15, 0.2) is 21.6 Å². The number of nitrogens with two attached hydrogens (primary N) is 1. The Morgan fingerprint density at radius 3 is 2.42 bits per heavy atom. The second-order valence-corrected chi connectivity index (χ2v) is 11.7. The Bertz CT molecular complexity index is 1280. The van der Waals surface area contributed by atoms with Crippen molar-refractivity contribution >= 4 is 34.0 Å². The fourth-order valence-electron chi connectivity index (χ4n) is 4.80. The van der Waals surface area contributed by atoms with Crippen molar-refractivity contribution in [1.29, 1.82) is 5.26 Å². The van der Waals surface area contributed by atoms with Crippen LogP contribution in [0, 0.1) is 16.7 Å². The Hall–Kier alpha value is -3.23. The number of ketones is 1. The third-order valence-corrected chi connectivity index (χ3v) is 8.18. The summed E-state index contributed by atoms with van der Waals surface area (Å²) in [6.45, 7) is 6.15. The van der Waals surface area contributed by atoms with Crippen LogP contribution >= 0.6 is 23.1 Å². The summed E-state index contributed by atoms with van der Waals surface area (Å²) in [5, 5.41) is 19.5. The number of carbonyl (C=O) groups is 1. The van der Waals surface area contributed by atoms with Crippen LogP contribution in [0.15, 0.2) is 39.1 Å². The first-order valence-electron chi connectivity index (χ1n) is 11.4. The molecule has 0 radical (unpaired) electrons. The van der Waals surface area contributed by atoms with E-state index in [2.05, 4.69) is 30.1 Å². The first-order valence-corrected chi connectivity index (χ1v) is 13.2. The molecule has 0 saturated heterocycles. The quantitative estimate of drug-likeness (QED) is 0.510. The van der Waals surface area contributed by atoms with Gasteiger partial charge in [-0.2, -0.15) is 5.26 Å². The highest BCUT2D eigenvalue weighted by molar-refractivity contribution is 8.01. The summed E-state index contributed by atoms with van der Waals surface area (Å²) in [6, 6.07) is 5.81. The molecule has 2 heterocycles. The molecular weight excluding hydrogens is 498 g/mol. The molecular formula is C25H29N5O4S2. The lowest BCUT2D eigenvalue weighted by Crippen LogP contribution is -2.42. The number of hydrogen-bond acceptors (Lipinski definition) is 11. The molecule has 0 bridgehead atoms. The summed E-state index contributed by atoms with van der Waals surface area (Å²) in [5.41, 5.74) is 8.61. The van der Waals surface area contributed by atoms with Crippen LogP contribution in [0.2, 0.25) is 0 Å². The van der Waals surface area contributed by atoms with Crippen LogP contribution in [0.25, 0.3) is 0 Å². The Labute approximate surface area is 218 Å². The second kappa shape index (κ2) is 10.0. The average molecular weight is 528 g/mol. The number of thioether (sulfide) groups is 1. The van der Waals surface area contributed by atoms with Crippen LogP contribution in [0.4, 0.5) is 5.13 Å². The van der Waals surface area contributed by atoms with Gasteiger partial charge in [0, 0.05) is 17.7 Å². The Balaban J connectivity index is 1.99. The van der Waals surface area contributed by atoms with Crippen LogP contribution in [0.5, 0.6) is 17.2 Å². The van der Waals surface area contributed by atoms with E-state index in [1.54, 1.807) is 28.8 Å². The minimum absolute atomic E-state index is 0.0297. The molecule has 36 heavy (non-hydrogen) atoms. The minimum Gasteiger partial charge on any atom is -0.493 e. The fourth-order valence-corrected chi connectivity index (χ4v) is 6.58. The number of allylic oxidation sites excluding steroid dienone is 3. The molecule has 1 aliphatic carbocycles. The first-order chi connectivity index (χ1) is 17.2. The van der Waals surface area contributed by atoms with Gasteiger partial charge in [0.25, 0.3) is 0 Å². The summed E-state index contributed by atoms with van der Waals surface area (Å²) in [6.07, 6.45) is 0.941. The highest BCUT2D eigenvalue weighted by Crippen LogP contribution is 2.52. The molecule has 1 aliphatic heterocycles. The molecule has 1 atom stereocenters. The highest BCUT2D eigenvalue weighted by Gasteiger charge is 2.45. The van der Waals surface area contributed by atoms with Crippen LogP contribution < -0.4 is 24.8 Å². The Kier molecular flexibility index (Phi) is 7.20. The van der Waals surface area contributed by atoms with Crippen molar-refractivity contribution in [1.82, 2.24) is 10.2 Å². The number of hydrogen-bond donors (Lipinski definition) is 1. The first kappa shape index (κ1) is 25.9. The summed E-state index contributed by atoms with van der Waals surface area (Å²) in [5.74, 6) is 1.67. The number of methoxy groups -OCH3 is 3. The molecule has 11 heteroatoms. The second-order valence-electron chi connectivity index (χ2n) is 9.22. The SMILES string of the molecule is CCSc1nnc(N2C(N)=C(C#N)C(c3cc(OC)c(OC)c(OC)c3)C3=C2CC(C)(C)CC3=O)s1. The predicted octanol–water partition coefficient (Wildman–Crippen LogP) is 4.62. The molecule has 2 aliphatic rings. The number of nitriles is 1. The highest BCUT2D eigenvalue weighted by atomic mass is 32.2. The third-order valence-electron chi connectivity index (χ3n) is 6.26. The average Bonchev–Trinajstić information content (AvgIpc) is 3.29. The van der Waals surface area contributed by atoms with Gasteiger partial charge in [-0.1, -0.05) is 43.9 Å². The van der Waals surface area contributed by atoms with E-state index in [4.69, 9.17) is 19.9 Å². The topological polar surface area (TPSA) is 124 Å². The molecule has 2 aromatic rings. The van der Waals surface area contributed by atoms with Crippen molar-refractivity contribution in [2.24, 2.45) is 11.1 Å². The monoisotopic (exact) mass is 527 g/mol. The van der Waals surface area contributed by atoms with Crippen LogP contribution in [-0.4, -0.2) is 43.1 Å². The van der Waals surface area contributed by atoms with Gasteiger partial charge in [0.05, 0.1) is 38.9 Å². The molecule has 1 aromatic heterocycles. The van der Waals surface area contributed by atoms with E-state index in [-0.39, 0.29) is 22.6 Å². The minimum atomic E-state index is -0.684. The van der Waals surface area contributed by atoms with E-state index < -0.39 is 5.92 Å². The van der Waals surface area contributed by atoms with Crippen LogP contribution in [0.3, 0.4) is 0 Å². The lowest BCUT2D eigenvalue weighted by atomic mass is 9.68. The van der Waals surface area contributed by atoms with Gasteiger partial charge < -0.3 is 19.9 Å². The number of Topliss-reactive ketones (excluding diaryl/α,β-unsaturated/α-hetero) is 1. The predicted molar refractivity (Wildman–Crippen MR) is 139 cm³/mol. The summed E-state index contributed by atoms with van der Waals surface area (Å²) in [4.78, 5) is 15.5. The van der Waals surface area contributed by atoms with Crippen molar-refractivity contribution in [3.63, 3.8) is 0 Å². The van der Waals surface area contributed by atoms with Crippen molar-refractivity contribution in [3.8, 4) is 23.3 Å². The maximum absolute atomic E-state index is 13.7. The van der Waals surface area contributed by atoms with E-state index in [9.17, 15) is 10.1 Å². The lowest BCUT2D eigenvalue weighted by Gasteiger charge is -2.42. The van der Waals surface area contributed by atoms with Gasteiger partial charge in [0.2, 0.25) is 10.9 Å². The van der Waals surface area contributed by atoms with Crippen molar-refractivity contribution in [2.75, 3.05) is 32.0 Å².